The van der Waals surface area contributed by atoms with E-state index in [1.807, 2.05) is 13.8 Å². The van der Waals surface area contributed by atoms with Crippen molar-refractivity contribution >= 4 is 5.78 Å². The molecule has 0 fully saturated rings. The van der Waals surface area contributed by atoms with E-state index in [1.165, 1.54) is 6.92 Å². The molecule has 0 amide bonds. The summed E-state index contributed by atoms with van der Waals surface area (Å²) in [5, 5.41) is 0. The molecule has 0 saturated heterocycles. The summed E-state index contributed by atoms with van der Waals surface area (Å²) in [6.07, 6.45) is 0.370. The lowest BCUT2D eigenvalue weighted by atomic mass is 10.1. The molecule has 0 N–H and O–H groups in total. The summed E-state index contributed by atoms with van der Waals surface area (Å²) in [6, 6.07) is -0.102. The van der Waals surface area contributed by atoms with Crippen LogP contribution in [0.15, 0.2) is 12.1 Å². The average Bonchev–Trinajstić information content (AvgIpc) is 1.84. The minimum atomic E-state index is -0.229. The van der Waals surface area contributed by atoms with Gasteiger partial charge in [-0.25, -0.2) is 0 Å². The Morgan fingerprint density at radius 3 is 2.67 bits per heavy atom. The van der Waals surface area contributed by atoms with Crippen LogP contribution in [0.25, 0.3) is 0 Å². The fourth-order valence-electron chi connectivity index (χ4n) is 0.561. The predicted molar refractivity (Wildman–Crippen MR) is 39.3 cm³/mol. The van der Waals surface area contributed by atoms with Gasteiger partial charge in [0.1, 0.15) is 0 Å². The molecule has 0 saturated carbocycles. The first kappa shape index (κ1) is 5.21. The number of carbonyl (C=O) groups is 1. The third-order valence-electron chi connectivity index (χ3n) is 0.858. The van der Waals surface area contributed by atoms with Crippen LogP contribution in [0.1, 0.15) is 29.9 Å². The first-order valence-corrected chi connectivity index (χ1v) is 3.12. The SMILES string of the molecule is [2H]/C(C)=C(/[2H])C(=O)CC(C)C. The van der Waals surface area contributed by atoms with Crippen LogP contribution in [-0.2, 0) is 4.79 Å². The third kappa shape index (κ3) is 5.28. The van der Waals surface area contributed by atoms with Crippen molar-refractivity contribution in [3.05, 3.63) is 12.1 Å². The van der Waals surface area contributed by atoms with E-state index in [-0.39, 0.29) is 23.8 Å². The summed E-state index contributed by atoms with van der Waals surface area (Å²) in [5.41, 5.74) is 0. The van der Waals surface area contributed by atoms with Gasteiger partial charge in [0, 0.05) is 6.42 Å². The molecule has 0 atom stereocenters. The fraction of sp³-hybridized carbons (Fsp3) is 0.625. The van der Waals surface area contributed by atoms with Crippen LogP contribution in [0.2, 0.25) is 0 Å². The van der Waals surface area contributed by atoms with Crippen molar-refractivity contribution in [3.8, 4) is 0 Å². The van der Waals surface area contributed by atoms with Crippen LogP contribution in [0, 0.1) is 5.92 Å². The van der Waals surface area contributed by atoms with E-state index in [1.54, 1.807) is 0 Å². The van der Waals surface area contributed by atoms with Crippen LogP contribution in [0.3, 0.4) is 0 Å². The molecule has 0 spiro atoms. The highest BCUT2D eigenvalue weighted by molar-refractivity contribution is 5.89. The molecule has 0 aromatic rings. The van der Waals surface area contributed by atoms with E-state index < -0.39 is 0 Å². The Labute approximate surface area is 59.6 Å². The lowest BCUT2D eigenvalue weighted by Gasteiger charge is -1.97. The number of hydrogen-bond donors (Lipinski definition) is 0. The third-order valence-corrected chi connectivity index (χ3v) is 0.858. The highest BCUT2D eigenvalue weighted by atomic mass is 16.1. The van der Waals surface area contributed by atoms with Gasteiger partial charge < -0.3 is 0 Å². The molecule has 0 bridgehead atoms. The Morgan fingerprint density at radius 2 is 2.33 bits per heavy atom. The smallest absolute Gasteiger partial charge is 0.155 e. The highest BCUT2D eigenvalue weighted by Gasteiger charge is 1.98. The Kier molecular flexibility index (Phi) is 2.49. The second-order valence-corrected chi connectivity index (χ2v) is 2.40. The lowest BCUT2D eigenvalue weighted by Crippen LogP contribution is -1.97. The molecule has 0 aliphatic rings. The maximum absolute atomic E-state index is 11.0. The number of ketones is 1. The van der Waals surface area contributed by atoms with Gasteiger partial charge in [0.15, 0.2) is 5.78 Å². The largest absolute Gasteiger partial charge is 0.295 e. The molecule has 52 valence electrons. The van der Waals surface area contributed by atoms with Gasteiger partial charge in [0.05, 0.1) is 2.74 Å². The Hall–Kier alpha value is -0.590. The van der Waals surface area contributed by atoms with Crippen molar-refractivity contribution in [2.45, 2.75) is 27.2 Å². The van der Waals surface area contributed by atoms with E-state index in [2.05, 4.69) is 0 Å². The Balaban J connectivity index is 4.17. The molecule has 1 heteroatoms. The maximum atomic E-state index is 11.0. The number of carbonyl (C=O) groups excluding carboxylic acids is 1. The van der Waals surface area contributed by atoms with Gasteiger partial charge in [-0.2, -0.15) is 0 Å². The number of allylic oxidation sites excluding steroid dienone is 2. The second kappa shape index (κ2) is 4.30. The standard InChI is InChI=1S/C8H14O/c1-4-5-8(9)6-7(2)3/h4-5,7H,6H2,1-3H3/b5-4+/i4D,5D. The van der Waals surface area contributed by atoms with Crippen LogP contribution in [0.4, 0.5) is 0 Å². The van der Waals surface area contributed by atoms with Gasteiger partial charge in [-0.15, -0.1) is 0 Å². The molecular weight excluding hydrogens is 112 g/mol. The van der Waals surface area contributed by atoms with Crippen LogP contribution >= 0.6 is 0 Å². The van der Waals surface area contributed by atoms with E-state index in [4.69, 9.17) is 2.74 Å². The highest BCUT2D eigenvalue weighted by Crippen LogP contribution is 1.99. The van der Waals surface area contributed by atoms with Crippen LogP contribution in [-0.4, -0.2) is 5.78 Å². The van der Waals surface area contributed by atoms with Crippen molar-refractivity contribution in [2.75, 3.05) is 0 Å². The molecule has 1 nitrogen and oxygen atoms in total. The minimum absolute atomic E-state index is 0.0515. The van der Waals surface area contributed by atoms with Crippen LogP contribution < -0.4 is 0 Å². The molecule has 0 heterocycles. The predicted octanol–water partition coefficient (Wildman–Crippen LogP) is 2.18. The van der Waals surface area contributed by atoms with Gasteiger partial charge in [0.2, 0.25) is 0 Å². The van der Waals surface area contributed by atoms with Crippen LogP contribution in [0.5, 0.6) is 0 Å². The fourth-order valence-corrected chi connectivity index (χ4v) is 0.561. The van der Waals surface area contributed by atoms with Crippen molar-refractivity contribution in [1.82, 2.24) is 0 Å². The Morgan fingerprint density at radius 1 is 1.78 bits per heavy atom. The maximum Gasteiger partial charge on any atom is 0.155 e. The average molecular weight is 128 g/mol. The molecule has 0 unspecified atom stereocenters. The topological polar surface area (TPSA) is 17.1 Å². The summed E-state index contributed by atoms with van der Waals surface area (Å²) in [6.45, 7) is 5.30. The van der Waals surface area contributed by atoms with Gasteiger partial charge in [-0.05, 0) is 18.9 Å². The normalized spacial score (nSPS) is 16.4. The van der Waals surface area contributed by atoms with Gasteiger partial charge >= 0.3 is 0 Å². The van der Waals surface area contributed by atoms with E-state index >= 15 is 0 Å². The van der Waals surface area contributed by atoms with Gasteiger partial charge in [-0.3, -0.25) is 4.79 Å². The van der Waals surface area contributed by atoms with Gasteiger partial charge in [-0.1, -0.05) is 19.9 Å². The summed E-state index contributed by atoms with van der Waals surface area (Å²) in [5.74, 6) is 0.0368. The quantitative estimate of drug-likeness (QED) is 0.532. The zero-order chi connectivity index (χ0) is 9.02. The Bertz CT molecular complexity index is 179. The van der Waals surface area contributed by atoms with Crippen molar-refractivity contribution in [3.63, 3.8) is 0 Å². The molecule has 0 aromatic heterocycles. The molecule has 0 rings (SSSR count). The molecule has 9 heavy (non-hydrogen) atoms. The minimum Gasteiger partial charge on any atom is -0.295 e. The van der Waals surface area contributed by atoms with Crippen molar-refractivity contribution in [2.24, 2.45) is 5.92 Å². The molecular formula is C8H14O. The summed E-state index contributed by atoms with van der Waals surface area (Å²) in [4.78, 5) is 11.0. The monoisotopic (exact) mass is 128 g/mol. The summed E-state index contributed by atoms with van der Waals surface area (Å²) >= 11 is 0. The first-order chi connectivity index (χ1) is 4.95. The molecule has 0 aromatic carbocycles. The zero-order valence-corrected chi connectivity index (χ0v) is 6.19. The molecule has 0 aliphatic heterocycles. The molecule has 0 aliphatic carbocycles. The summed E-state index contributed by atoms with van der Waals surface area (Å²) < 4.78 is 14.2. The summed E-state index contributed by atoms with van der Waals surface area (Å²) in [7, 11) is 0. The van der Waals surface area contributed by atoms with Gasteiger partial charge in [0.25, 0.3) is 0 Å². The number of rotatable bonds is 3. The van der Waals surface area contributed by atoms with Crippen molar-refractivity contribution < 1.29 is 7.54 Å². The van der Waals surface area contributed by atoms with Crippen molar-refractivity contribution in [1.29, 1.82) is 0 Å². The zero-order valence-electron chi connectivity index (χ0n) is 8.19. The first-order valence-electron chi connectivity index (χ1n) is 4.12. The van der Waals surface area contributed by atoms with E-state index in [9.17, 15) is 4.79 Å². The van der Waals surface area contributed by atoms with E-state index in [0.717, 1.165) is 0 Å². The molecule has 0 radical (unpaired) electrons. The lowest BCUT2D eigenvalue weighted by molar-refractivity contribution is -0.115. The van der Waals surface area contributed by atoms with E-state index in [0.29, 0.717) is 6.42 Å². The second-order valence-electron chi connectivity index (χ2n) is 2.40. The number of hydrogen-bond acceptors (Lipinski definition) is 1.